The van der Waals surface area contributed by atoms with E-state index in [9.17, 15) is 14.4 Å². The van der Waals surface area contributed by atoms with Gasteiger partial charge in [0.1, 0.15) is 0 Å². The maximum atomic E-state index is 12.4. The summed E-state index contributed by atoms with van der Waals surface area (Å²) >= 11 is 0. The van der Waals surface area contributed by atoms with Crippen LogP contribution in [0.25, 0.3) is 11.1 Å². The summed E-state index contributed by atoms with van der Waals surface area (Å²) in [5.41, 5.74) is 4.75. The molecule has 1 aliphatic heterocycles. The van der Waals surface area contributed by atoms with E-state index in [1.807, 2.05) is 24.3 Å². The Balaban J connectivity index is 1.22. The number of hydrogen-bond acceptors (Lipinski definition) is 8. The van der Waals surface area contributed by atoms with E-state index in [-0.39, 0.29) is 19.2 Å². The van der Waals surface area contributed by atoms with Gasteiger partial charge in [-0.1, -0.05) is 80.8 Å². The number of carbonyl (C=O) groups is 3. The largest absolute Gasteiger partial charge is 0.464 e. The average molecular weight is 621 g/mol. The molecule has 2 aromatic rings. The maximum absolute atomic E-state index is 12.4. The Morgan fingerprint density at radius 3 is 1.73 bits per heavy atom. The van der Waals surface area contributed by atoms with Crippen LogP contribution in [0.5, 0.6) is 0 Å². The molecule has 8 nitrogen and oxygen atoms in total. The Hall–Kier alpha value is -3.49. The van der Waals surface area contributed by atoms with E-state index < -0.39 is 30.4 Å². The third kappa shape index (κ3) is 9.75. The van der Waals surface area contributed by atoms with Gasteiger partial charge in [0.25, 0.3) is 0 Å². The Morgan fingerprint density at radius 1 is 0.711 bits per heavy atom. The van der Waals surface area contributed by atoms with Gasteiger partial charge in [-0.15, -0.1) is 0 Å². The van der Waals surface area contributed by atoms with Gasteiger partial charge in [0.2, 0.25) is 0 Å². The summed E-state index contributed by atoms with van der Waals surface area (Å²) in [4.78, 5) is 36.2. The lowest BCUT2D eigenvalue weighted by molar-refractivity contribution is -0.163. The summed E-state index contributed by atoms with van der Waals surface area (Å²) in [6, 6.07) is 16.6. The molecule has 0 N–H and O–H groups in total. The van der Waals surface area contributed by atoms with Gasteiger partial charge in [-0.3, -0.25) is 0 Å². The minimum atomic E-state index is -1.17. The summed E-state index contributed by atoms with van der Waals surface area (Å²) in [6.45, 7) is 9.51. The van der Waals surface area contributed by atoms with Crippen molar-refractivity contribution in [2.45, 2.75) is 103 Å². The van der Waals surface area contributed by atoms with Crippen LogP contribution in [0.3, 0.4) is 0 Å². The zero-order valence-electron chi connectivity index (χ0n) is 27.0. The predicted octanol–water partition coefficient (Wildman–Crippen LogP) is 7.61. The van der Waals surface area contributed by atoms with Crippen molar-refractivity contribution in [2.24, 2.45) is 5.92 Å². The number of esters is 3. The Morgan fingerprint density at radius 2 is 1.22 bits per heavy atom. The number of benzene rings is 2. The van der Waals surface area contributed by atoms with E-state index in [2.05, 4.69) is 30.8 Å². The molecule has 0 aromatic heterocycles. The van der Waals surface area contributed by atoms with Crippen LogP contribution in [-0.2, 0) is 38.1 Å². The first-order chi connectivity index (χ1) is 21.8. The Bertz CT molecular complexity index is 1230. The molecule has 0 unspecified atom stereocenters. The molecule has 0 spiro atoms. The number of carbonyl (C=O) groups excluding carboxylic acids is 3. The van der Waals surface area contributed by atoms with E-state index >= 15 is 0 Å². The van der Waals surface area contributed by atoms with Crippen LogP contribution in [0.2, 0.25) is 0 Å². The second kappa shape index (κ2) is 17.3. The molecule has 2 atom stereocenters. The molecule has 1 saturated heterocycles. The van der Waals surface area contributed by atoms with Gasteiger partial charge in [-0.05, 0) is 81.4 Å². The normalized spacial score (nSPS) is 21.7. The molecule has 1 heterocycles. The number of unbranched alkanes of at least 4 members (excludes halogenated alkanes) is 3. The zero-order chi connectivity index (χ0) is 32.2. The van der Waals surface area contributed by atoms with E-state index in [0.29, 0.717) is 23.7 Å². The van der Waals surface area contributed by atoms with Crippen molar-refractivity contribution in [3.8, 4) is 11.1 Å². The quantitative estimate of drug-likeness (QED) is 0.0869. The molecule has 0 amide bonds. The molecule has 2 aliphatic rings. The summed E-state index contributed by atoms with van der Waals surface area (Å²) in [5.74, 6) is -0.155. The van der Waals surface area contributed by atoms with Crippen molar-refractivity contribution in [2.75, 3.05) is 19.8 Å². The maximum Gasteiger partial charge on any atom is 0.338 e. The smallest absolute Gasteiger partial charge is 0.338 e. The molecule has 0 radical (unpaired) electrons. The van der Waals surface area contributed by atoms with Gasteiger partial charge in [0.05, 0.1) is 19.8 Å². The monoisotopic (exact) mass is 620 g/mol. The standard InChI is InChI=1S/C37H48O8/c1-5-41-35(39)32-33(36(40)42-6-2)45-37(44-32)31-22-20-30(21-23-31)29-18-16-28(17-19-29)27-14-12-26(13-15-27)11-9-7-8-10-24-43-34(38)25(3)4/h16-23,26-27,32-33,37H,3,5-15,24H2,1-2,4H3/t26?,27?,32-,33-/m1/s1. The highest BCUT2D eigenvalue weighted by atomic mass is 16.8. The summed E-state index contributed by atoms with van der Waals surface area (Å²) in [6.07, 6.45) is 7.55. The van der Waals surface area contributed by atoms with Crippen LogP contribution in [-0.4, -0.2) is 49.9 Å². The number of ether oxygens (including phenoxy) is 5. The fraction of sp³-hybridized carbons (Fsp3) is 0.541. The molecule has 244 valence electrons. The van der Waals surface area contributed by atoms with Crippen LogP contribution >= 0.6 is 0 Å². The molecular formula is C37H48O8. The predicted molar refractivity (Wildman–Crippen MR) is 171 cm³/mol. The molecule has 1 aliphatic carbocycles. The minimum absolute atomic E-state index is 0.174. The van der Waals surface area contributed by atoms with Gasteiger partial charge in [0, 0.05) is 11.1 Å². The van der Waals surface area contributed by atoms with Crippen molar-refractivity contribution in [1.82, 2.24) is 0 Å². The first-order valence-electron chi connectivity index (χ1n) is 16.5. The van der Waals surface area contributed by atoms with Crippen molar-refractivity contribution < 1.29 is 38.1 Å². The minimum Gasteiger partial charge on any atom is -0.464 e. The summed E-state index contributed by atoms with van der Waals surface area (Å²) < 4.78 is 27.0. The zero-order valence-corrected chi connectivity index (χ0v) is 27.0. The lowest BCUT2D eigenvalue weighted by Gasteiger charge is -2.29. The number of hydrogen-bond donors (Lipinski definition) is 0. The second-order valence-corrected chi connectivity index (χ2v) is 12.0. The molecule has 4 rings (SSSR count). The molecule has 0 bridgehead atoms. The van der Waals surface area contributed by atoms with Crippen LogP contribution < -0.4 is 0 Å². The van der Waals surface area contributed by atoms with Crippen LogP contribution in [0.15, 0.2) is 60.7 Å². The highest BCUT2D eigenvalue weighted by molar-refractivity contribution is 5.87. The second-order valence-electron chi connectivity index (χ2n) is 12.0. The molecule has 45 heavy (non-hydrogen) atoms. The third-order valence-corrected chi connectivity index (χ3v) is 8.69. The third-order valence-electron chi connectivity index (χ3n) is 8.69. The highest BCUT2D eigenvalue weighted by Crippen LogP contribution is 2.39. The fourth-order valence-corrected chi connectivity index (χ4v) is 6.15. The summed E-state index contributed by atoms with van der Waals surface area (Å²) in [7, 11) is 0. The Labute approximate surface area is 267 Å². The molecule has 1 saturated carbocycles. The molecule has 8 heteroatoms. The van der Waals surface area contributed by atoms with E-state index in [0.717, 1.165) is 29.9 Å². The molecule has 2 aromatic carbocycles. The van der Waals surface area contributed by atoms with Gasteiger partial charge in [-0.25, -0.2) is 14.4 Å². The van der Waals surface area contributed by atoms with Crippen molar-refractivity contribution >= 4 is 17.9 Å². The van der Waals surface area contributed by atoms with E-state index in [1.165, 1.54) is 50.5 Å². The van der Waals surface area contributed by atoms with Crippen molar-refractivity contribution in [3.63, 3.8) is 0 Å². The van der Waals surface area contributed by atoms with E-state index in [4.69, 9.17) is 23.7 Å². The van der Waals surface area contributed by atoms with Gasteiger partial charge in [-0.2, -0.15) is 0 Å². The summed E-state index contributed by atoms with van der Waals surface area (Å²) in [5, 5.41) is 0. The lowest BCUT2D eigenvalue weighted by Crippen LogP contribution is -2.39. The van der Waals surface area contributed by atoms with Crippen LogP contribution in [0, 0.1) is 5.92 Å². The Kier molecular flexibility index (Phi) is 13.2. The van der Waals surface area contributed by atoms with Crippen molar-refractivity contribution in [1.29, 1.82) is 0 Å². The highest BCUT2D eigenvalue weighted by Gasteiger charge is 2.47. The first kappa shape index (κ1) is 34.4. The van der Waals surface area contributed by atoms with Crippen LogP contribution in [0.1, 0.15) is 102 Å². The lowest BCUT2D eigenvalue weighted by atomic mass is 9.77. The fourth-order valence-electron chi connectivity index (χ4n) is 6.15. The average Bonchev–Trinajstić information content (AvgIpc) is 3.51. The number of rotatable bonds is 15. The van der Waals surface area contributed by atoms with Gasteiger partial charge >= 0.3 is 17.9 Å². The molecule has 2 fully saturated rings. The van der Waals surface area contributed by atoms with Gasteiger partial charge < -0.3 is 23.7 Å². The molecular weight excluding hydrogens is 572 g/mol. The topological polar surface area (TPSA) is 97.4 Å². The van der Waals surface area contributed by atoms with Gasteiger partial charge in [0.15, 0.2) is 18.5 Å². The first-order valence-corrected chi connectivity index (χ1v) is 16.5. The SMILES string of the molecule is C=C(C)C(=O)OCCCCCCC1CCC(c2ccc(-c3ccc(C4O[C@@H](C(=O)OCC)[C@H](C(=O)OCC)O4)cc3)cc2)CC1. The van der Waals surface area contributed by atoms with E-state index in [1.54, 1.807) is 20.8 Å². The van der Waals surface area contributed by atoms with Crippen molar-refractivity contribution in [3.05, 3.63) is 71.8 Å². The van der Waals surface area contributed by atoms with Crippen LogP contribution in [0.4, 0.5) is 0 Å².